The van der Waals surface area contributed by atoms with Gasteiger partial charge in [0.1, 0.15) is 5.82 Å². The summed E-state index contributed by atoms with van der Waals surface area (Å²) in [7, 11) is 0. The van der Waals surface area contributed by atoms with Crippen molar-refractivity contribution in [2.24, 2.45) is 0 Å². The van der Waals surface area contributed by atoms with Crippen molar-refractivity contribution >= 4 is 0 Å². The van der Waals surface area contributed by atoms with Crippen LogP contribution in [0, 0.1) is 0 Å². The molecular weight excluding hydrogens is 245 g/mol. The zero-order valence-corrected chi connectivity index (χ0v) is 10.5. The van der Waals surface area contributed by atoms with Crippen LogP contribution in [0.3, 0.4) is 0 Å². The number of hydrogen-bond acceptors (Lipinski definition) is 2. The molecule has 102 valence electrons. The van der Waals surface area contributed by atoms with Crippen LogP contribution in [-0.2, 0) is 10.9 Å². The lowest BCUT2D eigenvalue weighted by molar-refractivity contribution is -0.141. The topological polar surface area (TPSA) is 27.1 Å². The van der Waals surface area contributed by atoms with E-state index in [9.17, 15) is 13.2 Å². The van der Waals surface area contributed by atoms with Gasteiger partial charge in [0.15, 0.2) is 5.69 Å². The van der Waals surface area contributed by atoms with Crippen molar-refractivity contribution in [1.29, 1.82) is 0 Å². The number of ether oxygens (including phenoxy) is 1. The van der Waals surface area contributed by atoms with Crippen molar-refractivity contribution in [3.8, 4) is 0 Å². The van der Waals surface area contributed by atoms with Gasteiger partial charge in [-0.1, -0.05) is 13.8 Å². The van der Waals surface area contributed by atoms with Gasteiger partial charge in [0, 0.05) is 31.4 Å². The van der Waals surface area contributed by atoms with Gasteiger partial charge in [0.05, 0.1) is 0 Å². The predicted octanol–water partition coefficient (Wildman–Crippen LogP) is 3.38. The third-order valence-electron chi connectivity index (χ3n) is 3.15. The number of halogens is 3. The van der Waals surface area contributed by atoms with Crippen molar-refractivity contribution in [3.05, 3.63) is 17.7 Å². The molecular formula is C12H17F3N2O. The van der Waals surface area contributed by atoms with Gasteiger partial charge < -0.3 is 9.30 Å². The van der Waals surface area contributed by atoms with Gasteiger partial charge in [-0.15, -0.1) is 0 Å². The summed E-state index contributed by atoms with van der Waals surface area (Å²) >= 11 is 0. The average molecular weight is 262 g/mol. The summed E-state index contributed by atoms with van der Waals surface area (Å²) in [5.74, 6) is 0.484. The average Bonchev–Trinajstić information content (AvgIpc) is 2.74. The molecule has 1 saturated heterocycles. The summed E-state index contributed by atoms with van der Waals surface area (Å²) in [5, 5.41) is 0. The molecule has 1 aromatic heterocycles. The van der Waals surface area contributed by atoms with E-state index in [1.54, 1.807) is 4.57 Å². The van der Waals surface area contributed by atoms with Crippen molar-refractivity contribution in [2.75, 3.05) is 13.2 Å². The maximum atomic E-state index is 12.7. The molecule has 3 nitrogen and oxygen atoms in total. The fourth-order valence-electron chi connectivity index (χ4n) is 2.23. The van der Waals surface area contributed by atoms with Crippen LogP contribution in [0.2, 0.25) is 0 Å². The molecule has 1 aliphatic rings. The van der Waals surface area contributed by atoms with Crippen molar-refractivity contribution < 1.29 is 17.9 Å². The Hall–Kier alpha value is -1.04. The van der Waals surface area contributed by atoms with Gasteiger partial charge in [-0.05, 0) is 12.8 Å². The highest BCUT2D eigenvalue weighted by Crippen LogP contribution is 2.33. The molecule has 1 aromatic rings. The fraction of sp³-hybridized carbons (Fsp3) is 0.750. The Labute approximate surface area is 104 Å². The van der Waals surface area contributed by atoms with Crippen LogP contribution in [0.1, 0.15) is 50.2 Å². The summed E-state index contributed by atoms with van der Waals surface area (Å²) in [4.78, 5) is 3.75. The quantitative estimate of drug-likeness (QED) is 0.817. The lowest BCUT2D eigenvalue weighted by Crippen LogP contribution is -2.21. The Morgan fingerprint density at radius 1 is 1.33 bits per heavy atom. The third-order valence-corrected chi connectivity index (χ3v) is 3.15. The Morgan fingerprint density at radius 2 is 1.94 bits per heavy atom. The van der Waals surface area contributed by atoms with E-state index >= 15 is 0 Å². The van der Waals surface area contributed by atoms with Crippen molar-refractivity contribution in [3.63, 3.8) is 0 Å². The first-order valence-corrected chi connectivity index (χ1v) is 6.13. The molecule has 0 saturated carbocycles. The highest BCUT2D eigenvalue weighted by molar-refractivity contribution is 5.11. The zero-order valence-electron chi connectivity index (χ0n) is 10.5. The van der Waals surface area contributed by atoms with E-state index in [1.165, 1.54) is 0 Å². The van der Waals surface area contributed by atoms with E-state index in [0.29, 0.717) is 19.0 Å². The van der Waals surface area contributed by atoms with Gasteiger partial charge in [0.2, 0.25) is 0 Å². The smallest absolute Gasteiger partial charge is 0.381 e. The molecule has 0 spiro atoms. The Morgan fingerprint density at radius 3 is 2.44 bits per heavy atom. The Balaban J connectivity index is 2.34. The third kappa shape index (κ3) is 2.68. The monoisotopic (exact) mass is 262 g/mol. The van der Waals surface area contributed by atoms with Crippen LogP contribution >= 0.6 is 0 Å². The fourth-order valence-corrected chi connectivity index (χ4v) is 2.23. The van der Waals surface area contributed by atoms with Crippen molar-refractivity contribution in [1.82, 2.24) is 9.55 Å². The highest BCUT2D eigenvalue weighted by Gasteiger charge is 2.36. The molecule has 0 aliphatic carbocycles. The van der Waals surface area contributed by atoms with E-state index in [4.69, 9.17) is 4.74 Å². The molecule has 0 N–H and O–H groups in total. The standard InChI is InChI=1S/C12H17F3N2O/c1-8(2)11-16-10(12(13,14)15)7-17(11)9-3-5-18-6-4-9/h7-9H,3-6H2,1-2H3. The highest BCUT2D eigenvalue weighted by atomic mass is 19.4. The Bertz CT molecular complexity index is 406. The molecule has 6 heteroatoms. The predicted molar refractivity (Wildman–Crippen MR) is 60.4 cm³/mol. The van der Waals surface area contributed by atoms with Crippen LogP contribution in [0.5, 0.6) is 0 Å². The first-order chi connectivity index (χ1) is 8.39. The molecule has 2 heterocycles. The van der Waals surface area contributed by atoms with Crippen LogP contribution in [0.15, 0.2) is 6.20 Å². The summed E-state index contributed by atoms with van der Waals surface area (Å²) < 4.78 is 45.1. The van der Waals surface area contributed by atoms with Crippen LogP contribution < -0.4 is 0 Å². The summed E-state index contributed by atoms with van der Waals surface area (Å²) in [5.41, 5.74) is -0.794. The number of alkyl halides is 3. The van der Waals surface area contributed by atoms with Crippen molar-refractivity contribution in [2.45, 2.75) is 44.8 Å². The first kappa shape index (κ1) is 13.4. The van der Waals surface area contributed by atoms with Gasteiger partial charge in [-0.25, -0.2) is 4.98 Å². The molecule has 0 bridgehead atoms. The first-order valence-electron chi connectivity index (χ1n) is 6.13. The van der Waals surface area contributed by atoms with Crippen LogP contribution in [0.25, 0.3) is 0 Å². The van der Waals surface area contributed by atoms with E-state index in [-0.39, 0.29) is 12.0 Å². The van der Waals surface area contributed by atoms with Gasteiger partial charge >= 0.3 is 6.18 Å². The van der Waals surface area contributed by atoms with E-state index in [0.717, 1.165) is 19.0 Å². The number of aromatic nitrogens is 2. The molecule has 2 rings (SSSR count). The second-order valence-electron chi connectivity index (χ2n) is 4.89. The number of hydrogen-bond donors (Lipinski definition) is 0. The normalized spacial score (nSPS) is 18.6. The van der Waals surface area contributed by atoms with E-state index in [1.807, 2.05) is 13.8 Å². The lowest BCUT2D eigenvalue weighted by Gasteiger charge is -2.25. The van der Waals surface area contributed by atoms with E-state index in [2.05, 4.69) is 4.98 Å². The molecule has 0 radical (unpaired) electrons. The molecule has 18 heavy (non-hydrogen) atoms. The minimum absolute atomic E-state index is 0.0241. The number of nitrogens with zero attached hydrogens (tertiary/aromatic N) is 2. The maximum Gasteiger partial charge on any atom is 0.434 e. The molecule has 1 aliphatic heterocycles. The van der Waals surface area contributed by atoms with Crippen LogP contribution in [-0.4, -0.2) is 22.8 Å². The summed E-state index contributed by atoms with van der Waals surface area (Å²) in [6, 6.07) is 0.0692. The van der Waals surface area contributed by atoms with E-state index < -0.39 is 11.9 Å². The largest absolute Gasteiger partial charge is 0.434 e. The number of rotatable bonds is 2. The molecule has 0 atom stereocenters. The summed E-state index contributed by atoms with van der Waals surface area (Å²) in [6.45, 7) is 4.92. The second-order valence-corrected chi connectivity index (χ2v) is 4.89. The maximum absolute atomic E-state index is 12.7. The zero-order chi connectivity index (χ0) is 13.3. The molecule has 0 unspecified atom stereocenters. The Kier molecular flexibility index (Phi) is 3.66. The summed E-state index contributed by atoms with van der Waals surface area (Å²) in [6.07, 6.45) is -1.74. The minimum atomic E-state index is -4.37. The van der Waals surface area contributed by atoms with Gasteiger partial charge in [-0.2, -0.15) is 13.2 Å². The van der Waals surface area contributed by atoms with Gasteiger partial charge in [-0.3, -0.25) is 0 Å². The SMILES string of the molecule is CC(C)c1nc(C(F)(F)F)cn1C1CCOCC1. The van der Waals surface area contributed by atoms with Crippen LogP contribution in [0.4, 0.5) is 13.2 Å². The van der Waals surface area contributed by atoms with Gasteiger partial charge in [0.25, 0.3) is 0 Å². The lowest BCUT2D eigenvalue weighted by atomic mass is 10.1. The molecule has 0 aromatic carbocycles. The molecule has 1 fully saturated rings. The minimum Gasteiger partial charge on any atom is -0.381 e. The molecule has 0 amide bonds. The second kappa shape index (κ2) is 4.91. The number of imidazole rings is 1.